The Morgan fingerprint density at radius 3 is 2.48 bits per heavy atom. The normalized spacial score (nSPS) is 14.9. The highest BCUT2D eigenvalue weighted by molar-refractivity contribution is 6.30. The van der Waals surface area contributed by atoms with Crippen molar-refractivity contribution in [2.24, 2.45) is 0 Å². The second-order valence-electron chi connectivity index (χ2n) is 5.39. The monoisotopic (exact) mass is 333 g/mol. The number of amides is 2. The van der Waals surface area contributed by atoms with Crippen molar-refractivity contribution < 1.29 is 14.1 Å². The SMILES string of the molecule is CC(=O)N1CCN(C(=O)c2cc(-c3cccc(Cl)c3)on2)CC1. The van der Waals surface area contributed by atoms with E-state index in [1.807, 2.05) is 12.1 Å². The van der Waals surface area contributed by atoms with E-state index in [2.05, 4.69) is 5.16 Å². The zero-order valence-electron chi connectivity index (χ0n) is 12.7. The zero-order valence-corrected chi connectivity index (χ0v) is 13.4. The van der Waals surface area contributed by atoms with Gasteiger partial charge in [-0.25, -0.2) is 0 Å². The summed E-state index contributed by atoms with van der Waals surface area (Å²) in [5, 5.41) is 4.45. The van der Waals surface area contributed by atoms with E-state index in [9.17, 15) is 9.59 Å². The smallest absolute Gasteiger partial charge is 0.276 e. The Morgan fingerprint density at radius 2 is 1.83 bits per heavy atom. The third-order valence-electron chi connectivity index (χ3n) is 3.85. The summed E-state index contributed by atoms with van der Waals surface area (Å²) in [6.45, 7) is 3.61. The average Bonchev–Trinajstić information content (AvgIpc) is 3.04. The summed E-state index contributed by atoms with van der Waals surface area (Å²) in [6, 6.07) is 8.78. The van der Waals surface area contributed by atoms with Crippen molar-refractivity contribution in [1.29, 1.82) is 0 Å². The summed E-state index contributed by atoms with van der Waals surface area (Å²) in [7, 11) is 0. The van der Waals surface area contributed by atoms with Crippen LogP contribution in [0.25, 0.3) is 11.3 Å². The average molecular weight is 334 g/mol. The van der Waals surface area contributed by atoms with Crippen LogP contribution in [0.15, 0.2) is 34.9 Å². The van der Waals surface area contributed by atoms with Crippen LogP contribution in [0, 0.1) is 0 Å². The molecule has 2 heterocycles. The molecule has 3 rings (SSSR count). The van der Waals surface area contributed by atoms with E-state index in [1.165, 1.54) is 6.92 Å². The van der Waals surface area contributed by atoms with Crippen LogP contribution in [0.4, 0.5) is 0 Å². The van der Waals surface area contributed by atoms with Crippen molar-refractivity contribution in [2.75, 3.05) is 26.2 Å². The topological polar surface area (TPSA) is 66.7 Å². The molecule has 0 N–H and O–H groups in total. The van der Waals surface area contributed by atoms with Gasteiger partial charge in [0, 0.05) is 49.8 Å². The van der Waals surface area contributed by atoms with Crippen molar-refractivity contribution in [3.8, 4) is 11.3 Å². The number of aromatic nitrogens is 1. The van der Waals surface area contributed by atoms with Crippen molar-refractivity contribution in [3.63, 3.8) is 0 Å². The van der Waals surface area contributed by atoms with E-state index in [1.54, 1.807) is 28.0 Å². The second-order valence-corrected chi connectivity index (χ2v) is 5.82. The van der Waals surface area contributed by atoms with E-state index < -0.39 is 0 Å². The lowest BCUT2D eigenvalue weighted by molar-refractivity contribution is -0.130. The van der Waals surface area contributed by atoms with Crippen LogP contribution in [-0.4, -0.2) is 52.9 Å². The molecule has 1 saturated heterocycles. The highest BCUT2D eigenvalue weighted by Gasteiger charge is 2.25. The molecule has 6 nitrogen and oxygen atoms in total. The van der Waals surface area contributed by atoms with Gasteiger partial charge in [0.05, 0.1) is 0 Å². The summed E-state index contributed by atoms with van der Waals surface area (Å²) < 4.78 is 5.26. The number of nitrogens with zero attached hydrogens (tertiary/aromatic N) is 3. The Hall–Kier alpha value is -2.34. The van der Waals surface area contributed by atoms with E-state index in [-0.39, 0.29) is 17.5 Å². The number of hydrogen-bond donors (Lipinski definition) is 0. The van der Waals surface area contributed by atoms with E-state index >= 15 is 0 Å². The third kappa shape index (κ3) is 3.37. The lowest BCUT2D eigenvalue weighted by Gasteiger charge is -2.33. The van der Waals surface area contributed by atoms with Gasteiger partial charge in [-0.05, 0) is 12.1 Å². The number of hydrogen-bond acceptors (Lipinski definition) is 4. The predicted molar refractivity (Wildman–Crippen MR) is 85.1 cm³/mol. The Balaban J connectivity index is 1.71. The van der Waals surface area contributed by atoms with Gasteiger partial charge in [-0.2, -0.15) is 0 Å². The molecule has 0 spiro atoms. The maximum absolute atomic E-state index is 12.5. The Labute approximate surface area is 138 Å². The van der Waals surface area contributed by atoms with Crippen LogP contribution in [0.3, 0.4) is 0 Å². The van der Waals surface area contributed by atoms with E-state index in [0.29, 0.717) is 37.0 Å². The minimum absolute atomic E-state index is 0.0294. The molecule has 7 heteroatoms. The maximum atomic E-state index is 12.5. The van der Waals surface area contributed by atoms with Crippen LogP contribution in [0.5, 0.6) is 0 Å². The Morgan fingerprint density at radius 1 is 1.13 bits per heavy atom. The van der Waals surface area contributed by atoms with Gasteiger partial charge in [0.15, 0.2) is 11.5 Å². The largest absolute Gasteiger partial charge is 0.355 e. The van der Waals surface area contributed by atoms with Gasteiger partial charge in [0.1, 0.15) is 0 Å². The molecule has 23 heavy (non-hydrogen) atoms. The molecule has 1 aromatic heterocycles. The van der Waals surface area contributed by atoms with Crippen molar-refractivity contribution in [1.82, 2.24) is 15.0 Å². The van der Waals surface area contributed by atoms with Gasteiger partial charge in [-0.1, -0.05) is 28.9 Å². The Kier molecular flexibility index (Phi) is 4.34. The van der Waals surface area contributed by atoms with Gasteiger partial charge in [0.25, 0.3) is 5.91 Å². The van der Waals surface area contributed by atoms with Crippen molar-refractivity contribution >= 4 is 23.4 Å². The summed E-state index contributed by atoms with van der Waals surface area (Å²) in [6.07, 6.45) is 0. The minimum Gasteiger partial charge on any atom is -0.355 e. The molecule has 2 amide bonds. The molecule has 120 valence electrons. The molecule has 0 radical (unpaired) electrons. The number of benzene rings is 1. The maximum Gasteiger partial charge on any atom is 0.276 e. The molecule has 1 fully saturated rings. The minimum atomic E-state index is -0.190. The molecular formula is C16H16ClN3O3. The summed E-state index contributed by atoms with van der Waals surface area (Å²) in [4.78, 5) is 27.2. The standard InChI is InChI=1S/C16H16ClN3O3/c1-11(21)19-5-7-20(8-6-19)16(22)14-10-15(23-18-14)12-3-2-4-13(17)9-12/h2-4,9-10H,5-8H2,1H3. The molecule has 0 bridgehead atoms. The number of piperazine rings is 1. The first kappa shape index (κ1) is 15.6. The molecule has 1 aliphatic rings. The van der Waals surface area contributed by atoms with Crippen molar-refractivity contribution in [2.45, 2.75) is 6.92 Å². The molecule has 0 unspecified atom stereocenters. The zero-order chi connectivity index (χ0) is 16.4. The molecule has 1 aromatic carbocycles. The van der Waals surface area contributed by atoms with E-state index in [4.69, 9.17) is 16.1 Å². The molecule has 1 aliphatic heterocycles. The van der Waals surface area contributed by atoms with Crippen LogP contribution < -0.4 is 0 Å². The first-order valence-corrected chi connectivity index (χ1v) is 7.70. The number of rotatable bonds is 2. The predicted octanol–water partition coefficient (Wildman–Crippen LogP) is 2.30. The van der Waals surface area contributed by atoms with Crippen LogP contribution in [0.1, 0.15) is 17.4 Å². The molecular weight excluding hydrogens is 318 g/mol. The fourth-order valence-corrected chi connectivity index (χ4v) is 2.73. The molecule has 0 saturated carbocycles. The van der Waals surface area contributed by atoms with Gasteiger partial charge in [0.2, 0.25) is 5.91 Å². The Bertz CT molecular complexity index is 736. The highest BCUT2D eigenvalue weighted by Crippen LogP contribution is 2.24. The summed E-state index contributed by atoms with van der Waals surface area (Å²) in [5.74, 6) is 0.338. The number of carbonyl (C=O) groups is 2. The van der Waals surface area contributed by atoms with Crippen LogP contribution in [0.2, 0.25) is 5.02 Å². The van der Waals surface area contributed by atoms with Crippen LogP contribution in [-0.2, 0) is 4.79 Å². The lowest BCUT2D eigenvalue weighted by atomic mass is 10.1. The highest BCUT2D eigenvalue weighted by atomic mass is 35.5. The first-order chi connectivity index (χ1) is 11.0. The molecule has 2 aromatic rings. The van der Waals surface area contributed by atoms with E-state index in [0.717, 1.165) is 5.56 Å². The first-order valence-electron chi connectivity index (χ1n) is 7.32. The lowest BCUT2D eigenvalue weighted by Crippen LogP contribution is -2.50. The second kappa shape index (κ2) is 6.42. The summed E-state index contributed by atoms with van der Waals surface area (Å²) >= 11 is 5.96. The molecule has 0 atom stereocenters. The van der Waals surface area contributed by atoms with Gasteiger partial charge >= 0.3 is 0 Å². The van der Waals surface area contributed by atoms with Crippen molar-refractivity contribution in [3.05, 3.63) is 41.0 Å². The quantitative estimate of drug-likeness (QED) is 0.845. The van der Waals surface area contributed by atoms with Gasteiger partial charge in [-0.3, -0.25) is 9.59 Å². The fourth-order valence-electron chi connectivity index (χ4n) is 2.54. The summed E-state index contributed by atoms with van der Waals surface area (Å²) in [5.41, 5.74) is 1.03. The number of carbonyl (C=O) groups excluding carboxylic acids is 2. The van der Waals surface area contributed by atoms with Gasteiger partial charge < -0.3 is 14.3 Å². The van der Waals surface area contributed by atoms with Crippen LogP contribution >= 0.6 is 11.6 Å². The molecule has 0 aliphatic carbocycles. The fraction of sp³-hybridized carbons (Fsp3) is 0.312. The van der Waals surface area contributed by atoms with Gasteiger partial charge in [-0.15, -0.1) is 0 Å². The third-order valence-corrected chi connectivity index (χ3v) is 4.09. The number of halogens is 1.